The van der Waals surface area contributed by atoms with Crippen molar-refractivity contribution >= 4 is 17.8 Å². The number of ether oxygens (including phenoxy) is 1. The molecule has 8 nitrogen and oxygen atoms in total. The van der Waals surface area contributed by atoms with Gasteiger partial charge in [-0.1, -0.05) is 0 Å². The molecule has 2 aliphatic heterocycles. The summed E-state index contributed by atoms with van der Waals surface area (Å²) in [7, 11) is 0. The summed E-state index contributed by atoms with van der Waals surface area (Å²) in [6.07, 6.45) is 2.43. The number of morpholine rings is 1. The lowest BCUT2D eigenvalue weighted by atomic mass is 10.1. The van der Waals surface area contributed by atoms with Crippen molar-refractivity contribution in [1.29, 1.82) is 0 Å². The van der Waals surface area contributed by atoms with Crippen molar-refractivity contribution in [1.82, 2.24) is 14.9 Å². The average Bonchev–Trinajstić information content (AvgIpc) is 3.06. The van der Waals surface area contributed by atoms with Gasteiger partial charge >= 0.3 is 5.97 Å². The van der Waals surface area contributed by atoms with Crippen molar-refractivity contribution in [2.24, 2.45) is 0 Å². The second-order valence-corrected chi connectivity index (χ2v) is 4.87. The van der Waals surface area contributed by atoms with E-state index in [1.807, 2.05) is 0 Å². The highest BCUT2D eigenvalue weighted by molar-refractivity contribution is 6.05. The van der Waals surface area contributed by atoms with Gasteiger partial charge in [-0.15, -0.1) is 0 Å². The minimum atomic E-state index is -1.23. The molecule has 2 saturated heterocycles. The number of hydrogen-bond acceptors (Lipinski definition) is 5. The molecular weight excluding hydrogens is 266 g/mol. The lowest BCUT2D eigenvalue weighted by molar-refractivity contribution is -0.176. The van der Waals surface area contributed by atoms with E-state index in [4.69, 9.17) is 4.74 Å². The molecule has 3 heterocycles. The van der Waals surface area contributed by atoms with Gasteiger partial charge in [0.05, 0.1) is 6.33 Å². The Morgan fingerprint density at radius 3 is 2.60 bits per heavy atom. The van der Waals surface area contributed by atoms with E-state index >= 15 is 0 Å². The summed E-state index contributed by atoms with van der Waals surface area (Å²) < 4.78 is 5.26. The highest BCUT2D eigenvalue weighted by Crippen LogP contribution is 2.30. The summed E-state index contributed by atoms with van der Waals surface area (Å²) in [6, 6.07) is -1.23. The van der Waals surface area contributed by atoms with Crippen molar-refractivity contribution < 1.29 is 24.2 Å². The lowest BCUT2D eigenvalue weighted by Gasteiger charge is -2.33. The van der Waals surface area contributed by atoms with Gasteiger partial charge in [0.1, 0.15) is 18.2 Å². The van der Waals surface area contributed by atoms with Crippen LogP contribution in [0.1, 0.15) is 18.5 Å². The number of carboxylic acid groups (broad SMARTS) is 1. The molecule has 2 amide bonds. The Bertz CT molecular complexity index is 533. The normalized spacial score (nSPS) is 26.9. The quantitative estimate of drug-likeness (QED) is 0.706. The Morgan fingerprint density at radius 2 is 2.10 bits per heavy atom. The molecule has 3 atom stereocenters. The average molecular weight is 279 g/mol. The van der Waals surface area contributed by atoms with Gasteiger partial charge in [-0.3, -0.25) is 14.5 Å². The summed E-state index contributed by atoms with van der Waals surface area (Å²) >= 11 is 0. The van der Waals surface area contributed by atoms with E-state index in [9.17, 15) is 19.5 Å². The standard InChI is InChI=1S/C12H13N3O5/c16-10-8-1-2-9(20-8)11(17)15(10)7(12(18)19)3-6-4-13-5-14-6/h4-5,7-9H,1-3H2,(H,13,14)(H,18,19). The van der Waals surface area contributed by atoms with Crippen molar-refractivity contribution in [3.63, 3.8) is 0 Å². The second kappa shape index (κ2) is 4.71. The first-order valence-corrected chi connectivity index (χ1v) is 6.30. The van der Waals surface area contributed by atoms with Gasteiger partial charge in [-0.2, -0.15) is 0 Å². The molecule has 2 fully saturated rings. The number of fused-ring (bicyclic) bond motifs is 2. The molecule has 1 aromatic rings. The molecule has 3 rings (SSSR count). The Kier molecular flexibility index (Phi) is 3.01. The molecule has 2 N–H and O–H groups in total. The number of imide groups is 1. The van der Waals surface area contributed by atoms with Crippen LogP contribution in [0.3, 0.4) is 0 Å². The number of H-pyrrole nitrogens is 1. The van der Waals surface area contributed by atoms with E-state index < -0.39 is 36.0 Å². The molecular formula is C12H13N3O5. The van der Waals surface area contributed by atoms with Crippen LogP contribution in [0.15, 0.2) is 12.5 Å². The van der Waals surface area contributed by atoms with Crippen LogP contribution in [0.4, 0.5) is 0 Å². The number of imidazole rings is 1. The smallest absolute Gasteiger partial charge is 0.327 e. The molecule has 0 radical (unpaired) electrons. The first-order valence-electron chi connectivity index (χ1n) is 6.30. The summed E-state index contributed by atoms with van der Waals surface area (Å²) in [5.41, 5.74) is 0.553. The number of likely N-dealkylation sites (tertiary alicyclic amines) is 1. The van der Waals surface area contributed by atoms with E-state index in [-0.39, 0.29) is 6.42 Å². The van der Waals surface area contributed by atoms with Crippen LogP contribution >= 0.6 is 0 Å². The van der Waals surface area contributed by atoms with Gasteiger partial charge in [0.15, 0.2) is 0 Å². The van der Waals surface area contributed by atoms with Gasteiger partial charge in [0, 0.05) is 18.3 Å². The number of hydrogen-bond donors (Lipinski definition) is 2. The first kappa shape index (κ1) is 12.8. The van der Waals surface area contributed by atoms with Gasteiger partial charge < -0.3 is 14.8 Å². The number of aromatic amines is 1. The van der Waals surface area contributed by atoms with E-state index in [1.165, 1.54) is 12.5 Å². The zero-order valence-electron chi connectivity index (χ0n) is 10.5. The number of nitrogens with one attached hydrogen (secondary N) is 1. The summed E-state index contributed by atoms with van der Waals surface area (Å²) in [6.45, 7) is 0. The number of amides is 2. The van der Waals surface area contributed by atoms with Crippen molar-refractivity contribution in [2.45, 2.75) is 37.5 Å². The van der Waals surface area contributed by atoms with Gasteiger partial charge in [-0.05, 0) is 12.8 Å². The summed E-state index contributed by atoms with van der Waals surface area (Å²) in [5.74, 6) is -2.34. The second-order valence-electron chi connectivity index (χ2n) is 4.87. The van der Waals surface area contributed by atoms with E-state index in [1.54, 1.807) is 0 Å². The van der Waals surface area contributed by atoms with Gasteiger partial charge in [0.25, 0.3) is 11.8 Å². The molecule has 1 aromatic heterocycles. The highest BCUT2D eigenvalue weighted by atomic mass is 16.5. The Morgan fingerprint density at radius 1 is 1.45 bits per heavy atom. The Labute approximate surface area is 113 Å². The third-order valence-corrected chi connectivity index (χ3v) is 3.61. The molecule has 3 unspecified atom stereocenters. The molecule has 20 heavy (non-hydrogen) atoms. The SMILES string of the molecule is O=C(O)C(Cc1cnc[nH]1)N1C(=O)C2CCC(O2)C1=O. The van der Waals surface area contributed by atoms with Crippen LogP contribution in [0.5, 0.6) is 0 Å². The Balaban J connectivity index is 1.88. The fraction of sp³-hybridized carbons (Fsp3) is 0.500. The third kappa shape index (κ3) is 1.97. The van der Waals surface area contributed by atoms with Crippen LogP contribution in [0.2, 0.25) is 0 Å². The van der Waals surface area contributed by atoms with Crippen LogP contribution in [-0.4, -0.2) is 56.0 Å². The first-order chi connectivity index (χ1) is 9.58. The van der Waals surface area contributed by atoms with Gasteiger partial charge in [-0.25, -0.2) is 9.78 Å². The largest absolute Gasteiger partial charge is 0.480 e. The van der Waals surface area contributed by atoms with Crippen molar-refractivity contribution in [2.75, 3.05) is 0 Å². The molecule has 106 valence electrons. The zero-order valence-corrected chi connectivity index (χ0v) is 10.5. The maximum absolute atomic E-state index is 12.2. The number of rotatable bonds is 4. The number of carbonyl (C=O) groups excluding carboxylic acids is 2. The monoisotopic (exact) mass is 279 g/mol. The van der Waals surface area contributed by atoms with Crippen LogP contribution in [0.25, 0.3) is 0 Å². The maximum Gasteiger partial charge on any atom is 0.327 e. The molecule has 2 bridgehead atoms. The fourth-order valence-corrected chi connectivity index (χ4v) is 2.62. The molecule has 8 heteroatoms. The van der Waals surface area contributed by atoms with E-state index in [2.05, 4.69) is 9.97 Å². The number of carboxylic acids is 1. The van der Waals surface area contributed by atoms with Crippen LogP contribution in [-0.2, 0) is 25.5 Å². The van der Waals surface area contributed by atoms with Gasteiger partial charge in [0.2, 0.25) is 0 Å². The molecule has 0 spiro atoms. The summed E-state index contributed by atoms with van der Waals surface area (Å²) in [4.78, 5) is 43.2. The van der Waals surface area contributed by atoms with Crippen molar-refractivity contribution in [3.8, 4) is 0 Å². The molecule has 0 aromatic carbocycles. The summed E-state index contributed by atoms with van der Waals surface area (Å²) in [5, 5.41) is 9.33. The molecule has 2 aliphatic rings. The van der Waals surface area contributed by atoms with Crippen molar-refractivity contribution in [3.05, 3.63) is 18.2 Å². The maximum atomic E-state index is 12.2. The van der Waals surface area contributed by atoms with Crippen LogP contribution < -0.4 is 0 Å². The number of aromatic nitrogens is 2. The minimum absolute atomic E-state index is 0.00620. The van der Waals surface area contributed by atoms with E-state index in [0.29, 0.717) is 18.5 Å². The Hall–Kier alpha value is -2.22. The minimum Gasteiger partial charge on any atom is -0.480 e. The van der Waals surface area contributed by atoms with E-state index in [0.717, 1.165) is 4.90 Å². The molecule has 0 aliphatic carbocycles. The third-order valence-electron chi connectivity index (χ3n) is 3.61. The predicted molar refractivity (Wildman–Crippen MR) is 63.5 cm³/mol. The number of aliphatic carboxylic acids is 1. The number of nitrogens with zero attached hydrogens (tertiary/aromatic N) is 2. The highest BCUT2D eigenvalue weighted by Gasteiger charge is 2.50. The molecule has 0 saturated carbocycles. The predicted octanol–water partition coefficient (Wildman–Crippen LogP) is -0.678. The topological polar surface area (TPSA) is 113 Å². The number of carbonyl (C=O) groups is 3. The fourth-order valence-electron chi connectivity index (χ4n) is 2.62. The lowest BCUT2D eigenvalue weighted by Crippen LogP contribution is -2.58. The van der Waals surface area contributed by atoms with Crippen LogP contribution in [0, 0.1) is 0 Å². The zero-order chi connectivity index (χ0) is 14.3.